The van der Waals surface area contributed by atoms with Gasteiger partial charge in [-0.2, -0.15) is 4.31 Å². The van der Waals surface area contributed by atoms with Gasteiger partial charge in [0.2, 0.25) is 10.0 Å². The molecule has 0 atom stereocenters. The summed E-state index contributed by atoms with van der Waals surface area (Å²) in [5.41, 5.74) is 2.05. The van der Waals surface area contributed by atoms with E-state index in [-0.39, 0.29) is 10.6 Å². The Balaban J connectivity index is 1.66. The van der Waals surface area contributed by atoms with Crippen LogP contribution in [-0.2, 0) is 16.6 Å². The van der Waals surface area contributed by atoms with E-state index in [1.54, 1.807) is 22.8 Å². The molecular formula is C26H34ClN7O4S. The maximum atomic E-state index is 13.7. The van der Waals surface area contributed by atoms with Gasteiger partial charge in [-0.05, 0) is 44.9 Å². The smallest absolute Gasteiger partial charge is 0.335 e. The van der Waals surface area contributed by atoms with Crippen molar-refractivity contribution in [3.8, 4) is 17.0 Å². The fourth-order valence-corrected chi connectivity index (χ4v) is 6.88. The molecule has 3 aromatic heterocycles. The minimum absolute atomic E-state index is 0.160. The first-order valence-electron chi connectivity index (χ1n) is 13.3. The Morgan fingerprint density at radius 3 is 2.54 bits per heavy atom. The fraction of sp³-hybridized carbons (Fsp3) is 0.500. The molecule has 0 spiro atoms. The number of nitrogens with one attached hydrogen (secondary N) is 1. The van der Waals surface area contributed by atoms with Crippen molar-refractivity contribution in [2.45, 2.75) is 58.0 Å². The van der Waals surface area contributed by atoms with Gasteiger partial charge in [0.25, 0.3) is 0 Å². The average Bonchev–Trinajstić information content (AvgIpc) is 3.55. The third-order valence-electron chi connectivity index (χ3n) is 7.16. The van der Waals surface area contributed by atoms with Gasteiger partial charge < -0.3 is 9.72 Å². The number of aromatic nitrogens is 5. The number of rotatable bonds is 9. The van der Waals surface area contributed by atoms with Crippen molar-refractivity contribution in [1.82, 2.24) is 33.4 Å². The molecule has 4 heterocycles. The Labute approximate surface area is 232 Å². The summed E-state index contributed by atoms with van der Waals surface area (Å²) in [7, 11) is -3.76. The number of nitrogens with zero attached hydrogens (tertiary/aromatic N) is 6. The van der Waals surface area contributed by atoms with Crippen LogP contribution in [-0.4, -0.2) is 80.6 Å². The van der Waals surface area contributed by atoms with Crippen LogP contribution in [0, 0.1) is 0 Å². The van der Waals surface area contributed by atoms with Crippen molar-refractivity contribution in [2.24, 2.45) is 0 Å². The second-order valence-electron chi connectivity index (χ2n) is 10.0. The molecule has 0 saturated carbocycles. The summed E-state index contributed by atoms with van der Waals surface area (Å²) in [4.78, 5) is 18.9. The highest BCUT2D eigenvalue weighted by molar-refractivity contribution is 7.89. The summed E-state index contributed by atoms with van der Waals surface area (Å²) in [6, 6.07) is 5.23. The number of aromatic amines is 1. The fourth-order valence-electron chi connectivity index (χ4n) is 5.08. The standard InChI is InChI=1S/C26H34ClN7O4S/c1-5-9-33-24-21(27)22(29-23(24)25-30-28-16-34(25)26(33)35)19-15-18(7-8-20(19)38-14-6-2)39(36,37)32-12-10-31(11-13-32)17(3)4/h7-8,15-17,29H,5-6,9-14H2,1-4H3. The normalized spacial score (nSPS) is 15.6. The molecule has 0 unspecified atom stereocenters. The van der Waals surface area contributed by atoms with Gasteiger partial charge in [0, 0.05) is 44.3 Å². The molecule has 5 rings (SSSR count). The van der Waals surface area contributed by atoms with Crippen molar-refractivity contribution in [3.05, 3.63) is 40.0 Å². The molecule has 0 amide bonds. The van der Waals surface area contributed by atoms with Crippen molar-refractivity contribution >= 4 is 38.3 Å². The largest absolute Gasteiger partial charge is 0.493 e. The van der Waals surface area contributed by atoms with Gasteiger partial charge in [-0.25, -0.2) is 17.6 Å². The number of hydrogen-bond donors (Lipinski definition) is 1. The minimum atomic E-state index is -3.76. The van der Waals surface area contributed by atoms with Crippen molar-refractivity contribution in [1.29, 1.82) is 0 Å². The maximum absolute atomic E-state index is 13.7. The van der Waals surface area contributed by atoms with E-state index in [0.717, 1.165) is 6.42 Å². The van der Waals surface area contributed by atoms with Gasteiger partial charge in [-0.3, -0.25) is 9.47 Å². The molecule has 4 aromatic rings. The first-order chi connectivity index (χ1) is 18.7. The summed E-state index contributed by atoms with van der Waals surface area (Å²) in [5, 5.41) is 8.35. The Morgan fingerprint density at radius 1 is 1.13 bits per heavy atom. The molecule has 0 bridgehead atoms. The van der Waals surface area contributed by atoms with Crippen LogP contribution in [0.1, 0.15) is 40.5 Å². The highest BCUT2D eigenvalue weighted by Gasteiger charge is 2.31. The van der Waals surface area contributed by atoms with E-state index in [1.165, 1.54) is 15.0 Å². The Kier molecular flexibility index (Phi) is 7.73. The second kappa shape index (κ2) is 10.9. The maximum Gasteiger partial charge on any atom is 0.335 e. The monoisotopic (exact) mass is 575 g/mol. The van der Waals surface area contributed by atoms with Crippen LogP contribution < -0.4 is 10.4 Å². The van der Waals surface area contributed by atoms with E-state index in [4.69, 9.17) is 16.3 Å². The molecule has 11 nitrogen and oxygen atoms in total. The van der Waals surface area contributed by atoms with Gasteiger partial charge in [0.15, 0.2) is 5.65 Å². The number of fused-ring (bicyclic) bond motifs is 3. The summed E-state index contributed by atoms with van der Waals surface area (Å²) in [6.07, 6.45) is 2.86. The summed E-state index contributed by atoms with van der Waals surface area (Å²) in [5.74, 6) is 0.496. The lowest BCUT2D eigenvalue weighted by atomic mass is 10.1. The summed E-state index contributed by atoms with van der Waals surface area (Å²) < 4.78 is 37.9. The quantitative estimate of drug-likeness (QED) is 0.324. The number of sulfonamides is 1. The summed E-state index contributed by atoms with van der Waals surface area (Å²) >= 11 is 6.97. The first kappa shape index (κ1) is 27.6. The number of aryl methyl sites for hydroxylation is 1. The van der Waals surface area contributed by atoms with Crippen LogP contribution in [0.2, 0.25) is 5.02 Å². The zero-order chi connectivity index (χ0) is 27.9. The van der Waals surface area contributed by atoms with E-state index in [0.29, 0.717) is 90.5 Å². The van der Waals surface area contributed by atoms with Gasteiger partial charge in [-0.1, -0.05) is 25.4 Å². The van der Waals surface area contributed by atoms with Crippen LogP contribution in [0.25, 0.3) is 27.9 Å². The number of piperazine rings is 1. The number of ether oxygens (including phenoxy) is 1. The first-order valence-corrected chi connectivity index (χ1v) is 15.2. The van der Waals surface area contributed by atoms with Gasteiger partial charge >= 0.3 is 5.69 Å². The Bertz CT molecular complexity index is 1670. The molecule has 13 heteroatoms. The van der Waals surface area contributed by atoms with E-state index >= 15 is 0 Å². The molecular weight excluding hydrogens is 542 g/mol. The lowest BCUT2D eigenvalue weighted by molar-refractivity contribution is 0.154. The molecule has 0 radical (unpaired) electrons. The molecule has 0 aliphatic carbocycles. The topological polar surface area (TPSA) is 118 Å². The van der Waals surface area contributed by atoms with Gasteiger partial charge in [0.05, 0.1) is 27.7 Å². The van der Waals surface area contributed by atoms with Crippen LogP contribution >= 0.6 is 11.6 Å². The third-order valence-corrected chi connectivity index (χ3v) is 9.43. The van der Waals surface area contributed by atoms with Crippen LogP contribution in [0.4, 0.5) is 0 Å². The molecule has 1 saturated heterocycles. The summed E-state index contributed by atoms with van der Waals surface area (Å²) in [6.45, 7) is 11.3. The van der Waals surface area contributed by atoms with Crippen LogP contribution in [0.15, 0.2) is 34.2 Å². The molecule has 1 N–H and O–H groups in total. The van der Waals surface area contributed by atoms with Crippen LogP contribution in [0.5, 0.6) is 5.75 Å². The second-order valence-corrected chi connectivity index (χ2v) is 12.4. The predicted octanol–water partition coefficient (Wildman–Crippen LogP) is 3.61. The molecule has 1 aromatic carbocycles. The lowest BCUT2D eigenvalue weighted by Gasteiger charge is -2.36. The average molecular weight is 576 g/mol. The molecule has 39 heavy (non-hydrogen) atoms. The molecule has 210 valence electrons. The zero-order valence-electron chi connectivity index (χ0n) is 22.6. The lowest BCUT2D eigenvalue weighted by Crippen LogP contribution is -2.50. The molecule has 1 aliphatic heterocycles. The third kappa shape index (κ3) is 4.83. The van der Waals surface area contributed by atoms with Gasteiger partial charge in [-0.15, -0.1) is 10.2 Å². The van der Waals surface area contributed by atoms with E-state index in [9.17, 15) is 13.2 Å². The minimum Gasteiger partial charge on any atom is -0.493 e. The van der Waals surface area contributed by atoms with Crippen molar-refractivity contribution in [3.63, 3.8) is 0 Å². The number of benzene rings is 1. The number of H-pyrrole nitrogens is 1. The van der Waals surface area contributed by atoms with Crippen molar-refractivity contribution in [2.75, 3.05) is 32.8 Å². The number of halogens is 1. The highest BCUT2D eigenvalue weighted by atomic mass is 35.5. The van der Waals surface area contributed by atoms with Crippen molar-refractivity contribution < 1.29 is 13.2 Å². The molecule has 1 fully saturated rings. The predicted molar refractivity (Wildman–Crippen MR) is 151 cm³/mol. The molecule has 1 aliphatic rings. The Hall–Kier alpha value is -2.93. The highest BCUT2D eigenvalue weighted by Crippen LogP contribution is 2.41. The zero-order valence-corrected chi connectivity index (χ0v) is 24.2. The van der Waals surface area contributed by atoms with E-state index < -0.39 is 10.0 Å². The number of hydrogen-bond acceptors (Lipinski definition) is 7. The van der Waals surface area contributed by atoms with Gasteiger partial charge in [0.1, 0.15) is 17.6 Å². The van der Waals surface area contributed by atoms with E-state index in [2.05, 4.69) is 33.9 Å². The van der Waals surface area contributed by atoms with Crippen LogP contribution in [0.3, 0.4) is 0 Å². The SMILES string of the molecule is CCCOc1ccc(S(=O)(=O)N2CCN(C(C)C)CC2)cc1-c1[nH]c2c(c1Cl)n(CCC)c(=O)n1cnnc21. The Morgan fingerprint density at radius 2 is 1.87 bits per heavy atom. The van der Waals surface area contributed by atoms with E-state index in [1.807, 2.05) is 13.8 Å².